The summed E-state index contributed by atoms with van der Waals surface area (Å²) in [5.74, 6) is 1.59. The summed E-state index contributed by atoms with van der Waals surface area (Å²) in [6, 6.07) is 0. The Labute approximate surface area is 251 Å². The van der Waals surface area contributed by atoms with E-state index in [9.17, 15) is 14.4 Å². The number of nitrogens with zero attached hydrogens (tertiary/aromatic N) is 1. The fraction of sp³-hybridized carbons (Fsp3) is 0.778. The highest BCUT2D eigenvalue weighted by Crippen LogP contribution is 2.75. The van der Waals surface area contributed by atoms with Crippen molar-refractivity contribution in [2.75, 3.05) is 6.61 Å². The standard InChI is InChI=1S/C36H51NO5/c1-9-41-31(40)24(38)11-15-36-14-10-21(2)22(3)28(36)29-25(39)18-27-33(6)19-23-20-37-42-30(23)32(4,5)26(33)12-13-34(27,7)35(29,8)16-17-36/h18,20-22,26,28-29H,9-17,19H2,1-8H3/t21-,22+,26+,28+,29-,33+,34-,35-,36+/m1/s1. The molecule has 1 aromatic rings. The fourth-order valence-electron chi connectivity index (χ4n) is 11.8. The highest BCUT2D eigenvalue weighted by molar-refractivity contribution is 6.33. The van der Waals surface area contributed by atoms with Crippen molar-refractivity contribution in [3.8, 4) is 0 Å². The van der Waals surface area contributed by atoms with Crippen LogP contribution in [-0.4, -0.2) is 29.3 Å². The predicted molar refractivity (Wildman–Crippen MR) is 160 cm³/mol. The molecular formula is C36H51NO5. The van der Waals surface area contributed by atoms with Crippen molar-refractivity contribution in [1.82, 2.24) is 5.16 Å². The lowest BCUT2D eigenvalue weighted by Crippen LogP contribution is -2.65. The average Bonchev–Trinajstić information content (AvgIpc) is 3.40. The molecule has 0 spiro atoms. The van der Waals surface area contributed by atoms with Crippen LogP contribution >= 0.6 is 0 Å². The first kappa shape index (κ1) is 29.8. The number of hydrogen-bond donors (Lipinski definition) is 0. The van der Waals surface area contributed by atoms with Gasteiger partial charge in [0, 0.05) is 23.3 Å². The lowest BCUT2D eigenvalue weighted by molar-refractivity contribution is -0.179. The number of carbonyl (C=O) groups is 3. The van der Waals surface area contributed by atoms with E-state index >= 15 is 0 Å². The van der Waals surface area contributed by atoms with Gasteiger partial charge in [0.2, 0.25) is 5.78 Å². The summed E-state index contributed by atoms with van der Waals surface area (Å²) < 4.78 is 10.9. The number of ketones is 2. The smallest absolute Gasteiger partial charge is 0.374 e. The number of allylic oxidation sites excluding steroid dienone is 2. The highest BCUT2D eigenvalue weighted by Gasteiger charge is 2.70. The van der Waals surface area contributed by atoms with Gasteiger partial charge < -0.3 is 9.26 Å². The molecule has 0 aliphatic heterocycles. The quantitative estimate of drug-likeness (QED) is 0.267. The van der Waals surface area contributed by atoms with Gasteiger partial charge in [0.05, 0.1) is 12.8 Å². The van der Waals surface area contributed by atoms with Gasteiger partial charge in [-0.15, -0.1) is 0 Å². The average molecular weight is 578 g/mol. The van der Waals surface area contributed by atoms with Crippen LogP contribution in [0.15, 0.2) is 22.4 Å². The van der Waals surface area contributed by atoms with E-state index < -0.39 is 11.8 Å². The van der Waals surface area contributed by atoms with Crippen LogP contribution in [0.2, 0.25) is 0 Å². The number of ether oxygens (including phenoxy) is 1. The van der Waals surface area contributed by atoms with E-state index in [1.54, 1.807) is 6.92 Å². The Morgan fingerprint density at radius 2 is 1.79 bits per heavy atom. The van der Waals surface area contributed by atoms with Crippen LogP contribution in [0.4, 0.5) is 0 Å². The number of hydrogen-bond acceptors (Lipinski definition) is 6. The van der Waals surface area contributed by atoms with E-state index in [0.717, 1.165) is 50.7 Å². The second-order valence-corrected chi connectivity index (χ2v) is 16.2. The molecule has 42 heavy (non-hydrogen) atoms. The van der Waals surface area contributed by atoms with Crippen molar-refractivity contribution >= 4 is 17.5 Å². The van der Waals surface area contributed by atoms with Crippen LogP contribution < -0.4 is 0 Å². The Kier molecular flexibility index (Phi) is 6.84. The van der Waals surface area contributed by atoms with Crippen molar-refractivity contribution in [2.24, 2.45) is 51.2 Å². The number of Topliss-reactive ketones (excluding diaryl/α,β-unsaturated/α-hetero) is 1. The molecule has 1 aromatic heterocycles. The Morgan fingerprint density at radius 1 is 1.05 bits per heavy atom. The van der Waals surface area contributed by atoms with E-state index in [1.807, 2.05) is 6.20 Å². The Bertz CT molecular complexity index is 1340. The SMILES string of the molecule is CCOC(=O)C(=O)CC[C@]12CC[C@@H](C)[C@H](C)[C@H]1[C@H]1C(=O)C=C3[C@@]4(C)Cc5cnoc5C(C)(C)[C@@H]4CC[C@@]3(C)[C@]1(C)CC2. The van der Waals surface area contributed by atoms with E-state index in [0.29, 0.717) is 30.0 Å². The van der Waals surface area contributed by atoms with Crippen molar-refractivity contribution in [3.05, 3.63) is 29.2 Å². The van der Waals surface area contributed by atoms with E-state index in [1.165, 1.54) is 11.1 Å². The number of fused-ring (bicyclic) bond motifs is 8. The summed E-state index contributed by atoms with van der Waals surface area (Å²) in [6.07, 6.45) is 12.0. The maximum atomic E-state index is 14.7. The van der Waals surface area contributed by atoms with E-state index in [-0.39, 0.29) is 51.9 Å². The van der Waals surface area contributed by atoms with Crippen LogP contribution in [0, 0.1) is 51.2 Å². The summed E-state index contributed by atoms with van der Waals surface area (Å²) in [6.45, 7) is 18.6. The molecular weight excluding hydrogens is 526 g/mol. The van der Waals surface area contributed by atoms with Crippen LogP contribution in [0.1, 0.15) is 118 Å². The fourth-order valence-corrected chi connectivity index (χ4v) is 11.8. The summed E-state index contributed by atoms with van der Waals surface area (Å²) in [7, 11) is 0. The van der Waals surface area contributed by atoms with Gasteiger partial charge in [0.1, 0.15) is 5.76 Å². The number of carbonyl (C=O) groups excluding carboxylic acids is 3. The predicted octanol–water partition coefficient (Wildman–Crippen LogP) is 7.44. The molecule has 3 fully saturated rings. The monoisotopic (exact) mass is 577 g/mol. The molecule has 3 saturated carbocycles. The first-order chi connectivity index (χ1) is 19.7. The van der Waals surface area contributed by atoms with Gasteiger partial charge in [-0.1, -0.05) is 59.2 Å². The lowest BCUT2D eigenvalue weighted by atomic mass is 9.33. The zero-order valence-corrected chi connectivity index (χ0v) is 27.1. The highest BCUT2D eigenvalue weighted by atomic mass is 16.5. The molecule has 5 aliphatic carbocycles. The molecule has 0 bridgehead atoms. The van der Waals surface area contributed by atoms with E-state index in [2.05, 4.69) is 59.7 Å². The molecule has 0 aromatic carbocycles. The molecule has 9 atom stereocenters. The largest absolute Gasteiger partial charge is 0.460 e. The van der Waals surface area contributed by atoms with Gasteiger partial charge in [-0.25, -0.2) is 4.79 Å². The van der Waals surface area contributed by atoms with Crippen LogP contribution in [-0.2, 0) is 31.0 Å². The maximum absolute atomic E-state index is 14.7. The molecule has 0 saturated heterocycles. The molecule has 6 nitrogen and oxygen atoms in total. The summed E-state index contributed by atoms with van der Waals surface area (Å²) in [5, 5.41) is 4.21. The zero-order valence-electron chi connectivity index (χ0n) is 27.1. The second kappa shape index (κ2) is 9.63. The minimum absolute atomic E-state index is 0.0710. The summed E-state index contributed by atoms with van der Waals surface area (Å²) in [5.41, 5.74) is 1.91. The van der Waals surface area contributed by atoms with E-state index in [4.69, 9.17) is 9.26 Å². The second-order valence-electron chi connectivity index (χ2n) is 16.2. The Balaban J connectivity index is 1.42. The van der Waals surface area contributed by atoms with Gasteiger partial charge in [0.15, 0.2) is 5.78 Å². The third-order valence-corrected chi connectivity index (χ3v) is 14.2. The molecule has 6 heteroatoms. The van der Waals surface area contributed by atoms with Crippen LogP contribution in [0.25, 0.3) is 0 Å². The molecule has 5 aliphatic rings. The summed E-state index contributed by atoms with van der Waals surface area (Å²) in [4.78, 5) is 39.7. The normalized spacial score (nSPS) is 43.6. The molecule has 6 rings (SSSR count). The number of esters is 1. The first-order valence-electron chi connectivity index (χ1n) is 16.6. The molecule has 0 unspecified atom stereocenters. The van der Waals surface area contributed by atoms with Crippen molar-refractivity contribution in [2.45, 2.75) is 119 Å². The van der Waals surface area contributed by atoms with Gasteiger partial charge in [-0.05, 0) is 110 Å². The Morgan fingerprint density at radius 3 is 2.50 bits per heavy atom. The Hall–Kier alpha value is -2.24. The number of rotatable bonds is 5. The molecule has 230 valence electrons. The van der Waals surface area contributed by atoms with Crippen LogP contribution in [0.5, 0.6) is 0 Å². The molecule has 0 radical (unpaired) electrons. The van der Waals surface area contributed by atoms with Crippen molar-refractivity contribution in [1.29, 1.82) is 0 Å². The maximum Gasteiger partial charge on any atom is 0.374 e. The van der Waals surface area contributed by atoms with Crippen molar-refractivity contribution in [3.63, 3.8) is 0 Å². The summed E-state index contributed by atoms with van der Waals surface area (Å²) >= 11 is 0. The number of aromatic nitrogens is 1. The molecule has 0 amide bonds. The van der Waals surface area contributed by atoms with Crippen molar-refractivity contribution < 1.29 is 23.6 Å². The first-order valence-corrected chi connectivity index (χ1v) is 16.6. The molecule has 1 heterocycles. The minimum atomic E-state index is -0.714. The zero-order chi connectivity index (χ0) is 30.5. The van der Waals surface area contributed by atoms with Gasteiger partial charge in [-0.2, -0.15) is 0 Å². The van der Waals surface area contributed by atoms with Gasteiger partial charge in [0.25, 0.3) is 0 Å². The lowest BCUT2D eigenvalue weighted by Gasteiger charge is -2.70. The molecule has 0 N–H and O–H groups in total. The van der Waals surface area contributed by atoms with Crippen LogP contribution in [0.3, 0.4) is 0 Å². The third kappa shape index (κ3) is 3.81. The topological polar surface area (TPSA) is 86.5 Å². The van der Waals surface area contributed by atoms with Gasteiger partial charge >= 0.3 is 5.97 Å². The van der Waals surface area contributed by atoms with Gasteiger partial charge in [-0.3, -0.25) is 9.59 Å². The minimum Gasteiger partial charge on any atom is -0.460 e. The third-order valence-electron chi connectivity index (χ3n) is 14.2.